The van der Waals surface area contributed by atoms with Crippen LogP contribution in [-0.2, 0) is 24.0 Å². The number of hydrogen-bond donors (Lipinski definition) is 1. The first-order valence-corrected chi connectivity index (χ1v) is 13.1. The Labute approximate surface area is 217 Å². The second-order valence-electron chi connectivity index (χ2n) is 9.63. The zero-order valence-corrected chi connectivity index (χ0v) is 21.8. The van der Waals surface area contributed by atoms with Crippen LogP contribution in [0.1, 0.15) is 73.0 Å². The molecule has 1 fully saturated rings. The van der Waals surface area contributed by atoms with E-state index in [9.17, 15) is 9.59 Å². The zero-order valence-electron chi connectivity index (χ0n) is 21.8. The van der Waals surface area contributed by atoms with Crippen LogP contribution in [0.5, 0.6) is 23.0 Å². The summed E-state index contributed by atoms with van der Waals surface area (Å²) < 4.78 is 28.6. The number of ketones is 1. The number of hydrogen-bond acceptors (Lipinski definition) is 7. The lowest BCUT2D eigenvalue weighted by atomic mass is 9.98. The van der Waals surface area contributed by atoms with E-state index in [1.54, 1.807) is 20.1 Å². The summed E-state index contributed by atoms with van der Waals surface area (Å²) in [6, 6.07) is 7.58. The van der Waals surface area contributed by atoms with Gasteiger partial charge in [-0.1, -0.05) is 19.4 Å². The van der Waals surface area contributed by atoms with Crippen LogP contribution in [0.2, 0.25) is 0 Å². The van der Waals surface area contributed by atoms with E-state index in [-0.39, 0.29) is 5.78 Å². The number of benzene rings is 2. The van der Waals surface area contributed by atoms with Crippen molar-refractivity contribution < 1.29 is 38.4 Å². The van der Waals surface area contributed by atoms with E-state index in [4.69, 9.17) is 28.8 Å². The minimum atomic E-state index is -1.34. The van der Waals surface area contributed by atoms with Crippen molar-refractivity contribution in [3.05, 3.63) is 46.5 Å². The highest BCUT2D eigenvalue weighted by Crippen LogP contribution is 2.41. The maximum Gasteiger partial charge on any atom is 0.508 e. The van der Waals surface area contributed by atoms with Crippen LogP contribution in [0.4, 0.5) is 4.79 Å². The van der Waals surface area contributed by atoms with E-state index in [0.717, 1.165) is 47.5 Å². The molecule has 0 spiro atoms. The SMILES string of the molecule is CCCc1c(OCCCOc2ccc(C(C)=O)c(OC)c2CC2CC2)ccc2c1OC(OC(=O)O)CC2. The molecule has 0 aromatic heterocycles. The lowest BCUT2D eigenvalue weighted by Crippen LogP contribution is -2.28. The average molecular weight is 513 g/mol. The lowest BCUT2D eigenvalue weighted by Gasteiger charge is -2.27. The summed E-state index contributed by atoms with van der Waals surface area (Å²) in [7, 11) is 1.60. The van der Waals surface area contributed by atoms with Crippen molar-refractivity contribution in [1.82, 2.24) is 0 Å². The summed E-state index contributed by atoms with van der Waals surface area (Å²) in [6.45, 7) is 4.54. The topological polar surface area (TPSA) is 101 Å². The van der Waals surface area contributed by atoms with Gasteiger partial charge < -0.3 is 28.8 Å². The number of carbonyl (C=O) groups is 2. The van der Waals surface area contributed by atoms with Crippen LogP contribution in [0.3, 0.4) is 0 Å². The molecule has 8 nitrogen and oxygen atoms in total. The molecule has 8 heteroatoms. The molecule has 0 amide bonds. The molecular weight excluding hydrogens is 476 g/mol. The van der Waals surface area contributed by atoms with Crippen molar-refractivity contribution >= 4 is 11.9 Å². The van der Waals surface area contributed by atoms with Crippen molar-refractivity contribution in [3.8, 4) is 23.0 Å². The predicted molar refractivity (Wildman–Crippen MR) is 137 cm³/mol. The molecule has 200 valence electrons. The van der Waals surface area contributed by atoms with Gasteiger partial charge in [0, 0.05) is 24.0 Å². The zero-order chi connectivity index (χ0) is 26.4. The van der Waals surface area contributed by atoms with Crippen molar-refractivity contribution in [2.24, 2.45) is 5.92 Å². The van der Waals surface area contributed by atoms with Gasteiger partial charge in [0.2, 0.25) is 6.29 Å². The van der Waals surface area contributed by atoms with Gasteiger partial charge in [0.15, 0.2) is 5.78 Å². The lowest BCUT2D eigenvalue weighted by molar-refractivity contribution is -0.0640. The molecule has 37 heavy (non-hydrogen) atoms. The van der Waals surface area contributed by atoms with Gasteiger partial charge in [0.1, 0.15) is 23.0 Å². The van der Waals surface area contributed by atoms with Crippen molar-refractivity contribution in [1.29, 1.82) is 0 Å². The second-order valence-corrected chi connectivity index (χ2v) is 9.63. The Balaban J connectivity index is 1.39. The Morgan fingerprint density at radius 2 is 1.73 bits per heavy atom. The summed E-state index contributed by atoms with van der Waals surface area (Å²) in [5.41, 5.74) is 3.53. The Bertz CT molecular complexity index is 1120. The largest absolute Gasteiger partial charge is 0.508 e. The first-order chi connectivity index (χ1) is 17.9. The van der Waals surface area contributed by atoms with Crippen LogP contribution in [0.15, 0.2) is 24.3 Å². The molecule has 1 atom stereocenters. The third-order valence-electron chi connectivity index (χ3n) is 6.72. The Morgan fingerprint density at radius 3 is 2.35 bits per heavy atom. The van der Waals surface area contributed by atoms with E-state index in [0.29, 0.717) is 55.5 Å². The third kappa shape index (κ3) is 6.67. The molecule has 0 radical (unpaired) electrons. The highest BCUT2D eigenvalue weighted by atomic mass is 16.8. The van der Waals surface area contributed by atoms with Crippen molar-refractivity contribution in [3.63, 3.8) is 0 Å². The molecule has 1 N–H and O–H groups in total. The first-order valence-electron chi connectivity index (χ1n) is 13.1. The molecule has 2 aromatic rings. The molecule has 1 aliphatic heterocycles. The van der Waals surface area contributed by atoms with Gasteiger partial charge in [-0.15, -0.1) is 0 Å². The number of methoxy groups -OCH3 is 1. The number of Topliss-reactive ketones (excluding diaryl/α,β-unsaturated/α-hetero) is 1. The molecule has 4 rings (SSSR count). The monoisotopic (exact) mass is 512 g/mol. The molecule has 1 aliphatic carbocycles. The fourth-order valence-corrected chi connectivity index (χ4v) is 4.77. The first kappa shape index (κ1) is 26.6. The standard InChI is InChI=1S/C29H36O8/c1-4-6-22-24(12-9-20-10-14-26(36-27(20)22)37-29(31)32)34-15-5-16-35-25-13-11-21(18(2)30)28(33-3)23(25)17-19-7-8-19/h9,11-13,19,26H,4-8,10,14-17H2,1-3H3,(H,31,32). The summed E-state index contributed by atoms with van der Waals surface area (Å²) in [4.78, 5) is 23.0. The maximum atomic E-state index is 12.1. The molecule has 1 saturated carbocycles. The maximum absolute atomic E-state index is 12.1. The average Bonchev–Trinajstić information content (AvgIpc) is 3.69. The van der Waals surface area contributed by atoms with E-state index >= 15 is 0 Å². The quantitative estimate of drug-likeness (QED) is 0.198. The van der Waals surface area contributed by atoms with E-state index in [1.165, 1.54) is 12.8 Å². The number of carboxylic acid groups (broad SMARTS) is 1. The Hall–Kier alpha value is -3.42. The summed E-state index contributed by atoms with van der Waals surface area (Å²) >= 11 is 0. The highest BCUT2D eigenvalue weighted by molar-refractivity contribution is 5.97. The van der Waals surface area contributed by atoms with Gasteiger partial charge >= 0.3 is 6.16 Å². The van der Waals surface area contributed by atoms with Gasteiger partial charge in [-0.3, -0.25) is 4.79 Å². The van der Waals surface area contributed by atoms with Crippen molar-refractivity contribution in [2.75, 3.05) is 20.3 Å². The van der Waals surface area contributed by atoms with E-state index in [1.807, 2.05) is 18.2 Å². The summed E-state index contributed by atoms with van der Waals surface area (Å²) in [5, 5.41) is 8.96. The number of carbonyl (C=O) groups excluding carboxylic acids is 1. The number of ether oxygens (including phenoxy) is 5. The molecule has 0 bridgehead atoms. The molecule has 1 unspecified atom stereocenters. The van der Waals surface area contributed by atoms with Crippen LogP contribution >= 0.6 is 0 Å². The summed E-state index contributed by atoms with van der Waals surface area (Å²) in [6.07, 6.45) is 4.56. The Morgan fingerprint density at radius 1 is 1.03 bits per heavy atom. The summed E-state index contributed by atoms with van der Waals surface area (Å²) in [5.74, 6) is 3.38. The van der Waals surface area contributed by atoms with Gasteiger partial charge in [0.25, 0.3) is 0 Å². The molecule has 2 aliphatic rings. The van der Waals surface area contributed by atoms with Crippen LogP contribution in [0.25, 0.3) is 0 Å². The Kier molecular flexibility index (Phi) is 8.79. The normalized spacial score (nSPS) is 16.4. The number of aryl methyl sites for hydroxylation is 1. The van der Waals surface area contributed by atoms with E-state index < -0.39 is 12.4 Å². The predicted octanol–water partition coefficient (Wildman–Crippen LogP) is 6.00. The molecular formula is C29H36O8. The number of fused-ring (bicyclic) bond motifs is 1. The fourth-order valence-electron chi connectivity index (χ4n) is 4.77. The van der Waals surface area contributed by atoms with Gasteiger partial charge in [-0.25, -0.2) is 4.79 Å². The molecule has 2 aromatic carbocycles. The smallest absolute Gasteiger partial charge is 0.496 e. The van der Waals surface area contributed by atoms with E-state index in [2.05, 4.69) is 6.92 Å². The minimum Gasteiger partial charge on any atom is -0.496 e. The second kappa shape index (κ2) is 12.2. The van der Waals surface area contributed by atoms with Crippen molar-refractivity contribution in [2.45, 2.75) is 71.5 Å². The number of rotatable bonds is 13. The van der Waals surface area contributed by atoms with Crippen LogP contribution in [0, 0.1) is 5.92 Å². The van der Waals surface area contributed by atoms with Crippen LogP contribution < -0.4 is 18.9 Å². The molecule has 0 saturated heterocycles. The van der Waals surface area contributed by atoms with Gasteiger partial charge in [-0.05, 0) is 68.7 Å². The molecule has 1 heterocycles. The highest BCUT2D eigenvalue weighted by Gasteiger charge is 2.28. The van der Waals surface area contributed by atoms with Crippen LogP contribution in [-0.4, -0.2) is 43.7 Å². The van der Waals surface area contributed by atoms with Gasteiger partial charge in [-0.2, -0.15) is 0 Å². The fraction of sp³-hybridized carbons (Fsp3) is 0.517. The minimum absolute atomic E-state index is 0.0217. The third-order valence-corrected chi connectivity index (χ3v) is 6.72. The van der Waals surface area contributed by atoms with Gasteiger partial charge in [0.05, 0.1) is 25.9 Å².